The Labute approximate surface area is 137 Å². The van der Waals surface area contributed by atoms with Crippen molar-refractivity contribution in [2.24, 2.45) is 0 Å². The number of hydrogen-bond acceptors (Lipinski definition) is 1. The number of aryl methyl sites for hydroxylation is 1. The molecule has 0 aliphatic heterocycles. The van der Waals surface area contributed by atoms with Crippen LogP contribution in [0.15, 0.2) is 66.7 Å². The molecule has 0 aliphatic rings. The summed E-state index contributed by atoms with van der Waals surface area (Å²) in [4.78, 5) is 12.5. The van der Waals surface area contributed by atoms with Crippen LogP contribution in [0.4, 0.5) is 0 Å². The molecular formula is C22H20O. The van der Waals surface area contributed by atoms with Gasteiger partial charge in [-0.25, -0.2) is 0 Å². The smallest absolute Gasteiger partial charge is 0.193 e. The molecule has 3 aromatic carbocycles. The van der Waals surface area contributed by atoms with Gasteiger partial charge < -0.3 is 0 Å². The number of ketones is 1. The fourth-order valence-electron chi connectivity index (χ4n) is 2.83. The van der Waals surface area contributed by atoms with Gasteiger partial charge in [0.15, 0.2) is 5.78 Å². The molecular weight excluding hydrogens is 280 g/mol. The first-order chi connectivity index (χ1) is 11.1. The third-order valence-electron chi connectivity index (χ3n) is 4.55. The number of carbonyl (C=O) groups excluding carboxylic acids is 1. The Morgan fingerprint density at radius 1 is 0.652 bits per heavy atom. The number of carbonyl (C=O) groups is 1. The molecule has 1 heteroatoms. The molecule has 0 saturated carbocycles. The maximum absolute atomic E-state index is 12.5. The highest BCUT2D eigenvalue weighted by molar-refractivity contribution is 6.09. The van der Waals surface area contributed by atoms with Crippen LogP contribution in [0.2, 0.25) is 0 Å². The third-order valence-corrected chi connectivity index (χ3v) is 4.55. The van der Waals surface area contributed by atoms with Gasteiger partial charge in [-0.15, -0.1) is 0 Å². The van der Waals surface area contributed by atoms with Gasteiger partial charge in [-0.2, -0.15) is 0 Å². The van der Waals surface area contributed by atoms with Crippen LogP contribution in [-0.4, -0.2) is 5.78 Å². The molecule has 0 spiro atoms. The zero-order valence-electron chi connectivity index (χ0n) is 13.8. The summed E-state index contributed by atoms with van der Waals surface area (Å²) in [5.74, 6) is 0.0639. The van der Waals surface area contributed by atoms with Crippen LogP contribution in [0.25, 0.3) is 11.1 Å². The Bertz CT molecular complexity index is 843. The maximum Gasteiger partial charge on any atom is 0.193 e. The van der Waals surface area contributed by atoms with Gasteiger partial charge in [0.2, 0.25) is 0 Å². The highest BCUT2D eigenvalue weighted by Gasteiger charge is 2.10. The van der Waals surface area contributed by atoms with Crippen molar-refractivity contribution in [3.63, 3.8) is 0 Å². The molecule has 3 aromatic rings. The SMILES string of the molecule is Cc1ccc(-c2ccc(C(=O)c3ccccc3)cc2)c(C)c1C. The highest BCUT2D eigenvalue weighted by Crippen LogP contribution is 2.27. The molecule has 0 atom stereocenters. The van der Waals surface area contributed by atoms with Gasteiger partial charge in [0.05, 0.1) is 0 Å². The van der Waals surface area contributed by atoms with Crippen LogP contribution in [0.3, 0.4) is 0 Å². The van der Waals surface area contributed by atoms with Gasteiger partial charge >= 0.3 is 0 Å². The number of benzene rings is 3. The molecule has 0 aliphatic carbocycles. The molecule has 0 saturated heterocycles. The summed E-state index contributed by atoms with van der Waals surface area (Å²) >= 11 is 0. The average Bonchev–Trinajstić information content (AvgIpc) is 2.60. The minimum Gasteiger partial charge on any atom is -0.289 e. The summed E-state index contributed by atoms with van der Waals surface area (Å²) in [5, 5.41) is 0. The lowest BCUT2D eigenvalue weighted by Gasteiger charge is -2.12. The molecule has 0 radical (unpaired) electrons. The lowest BCUT2D eigenvalue weighted by Crippen LogP contribution is -2.00. The standard InChI is InChI=1S/C22H20O/c1-15-9-14-21(17(3)16(15)2)18-10-12-20(13-11-18)22(23)19-7-5-4-6-8-19/h4-14H,1-3H3. The van der Waals surface area contributed by atoms with E-state index in [0.717, 1.165) is 16.7 Å². The Kier molecular flexibility index (Phi) is 4.12. The summed E-state index contributed by atoms with van der Waals surface area (Å²) in [6, 6.07) is 21.6. The minimum absolute atomic E-state index is 0.0639. The van der Waals surface area contributed by atoms with Crippen LogP contribution < -0.4 is 0 Å². The zero-order chi connectivity index (χ0) is 16.4. The van der Waals surface area contributed by atoms with Gasteiger partial charge in [0.25, 0.3) is 0 Å². The van der Waals surface area contributed by atoms with Gasteiger partial charge in [-0.05, 0) is 48.6 Å². The van der Waals surface area contributed by atoms with Gasteiger partial charge in [0, 0.05) is 11.1 Å². The summed E-state index contributed by atoms with van der Waals surface area (Å²) in [6.45, 7) is 6.44. The van der Waals surface area contributed by atoms with E-state index in [4.69, 9.17) is 0 Å². The Hall–Kier alpha value is -2.67. The van der Waals surface area contributed by atoms with Crippen molar-refractivity contribution >= 4 is 5.78 Å². The van der Waals surface area contributed by atoms with Crippen LogP contribution in [0.1, 0.15) is 32.6 Å². The molecule has 0 heterocycles. The Morgan fingerprint density at radius 2 is 1.26 bits per heavy atom. The normalized spacial score (nSPS) is 10.6. The van der Waals surface area contributed by atoms with Gasteiger partial charge in [-0.1, -0.05) is 66.7 Å². The van der Waals surface area contributed by atoms with Crippen molar-refractivity contribution in [2.75, 3.05) is 0 Å². The van der Waals surface area contributed by atoms with E-state index in [-0.39, 0.29) is 5.78 Å². The maximum atomic E-state index is 12.5. The van der Waals surface area contributed by atoms with E-state index in [2.05, 4.69) is 32.9 Å². The van der Waals surface area contributed by atoms with E-state index in [9.17, 15) is 4.79 Å². The number of hydrogen-bond donors (Lipinski definition) is 0. The number of rotatable bonds is 3. The topological polar surface area (TPSA) is 17.1 Å². The Morgan fingerprint density at radius 3 is 1.91 bits per heavy atom. The predicted molar refractivity (Wildman–Crippen MR) is 96.0 cm³/mol. The second kappa shape index (κ2) is 6.21. The van der Waals surface area contributed by atoms with E-state index in [1.165, 1.54) is 22.3 Å². The van der Waals surface area contributed by atoms with Crippen molar-refractivity contribution in [3.05, 3.63) is 94.5 Å². The Balaban J connectivity index is 1.94. The largest absolute Gasteiger partial charge is 0.289 e. The van der Waals surface area contributed by atoms with Crippen molar-refractivity contribution in [1.82, 2.24) is 0 Å². The molecule has 114 valence electrons. The molecule has 0 unspecified atom stereocenters. The second-order valence-electron chi connectivity index (χ2n) is 5.95. The van der Waals surface area contributed by atoms with Crippen molar-refractivity contribution in [3.8, 4) is 11.1 Å². The predicted octanol–water partition coefficient (Wildman–Crippen LogP) is 5.51. The van der Waals surface area contributed by atoms with Crippen molar-refractivity contribution in [1.29, 1.82) is 0 Å². The molecule has 0 aromatic heterocycles. The fourth-order valence-corrected chi connectivity index (χ4v) is 2.83. The van der Waals surface area contributed by atoms with Gasteiger partial charge in [0.1, 0.15) is 0 Å². The van der Waals surface area contributed by atoms with E-state index < -0.39 is 0 Å². The summed E-state index contributed by atoms with van der Waals surface area (Å²) in [5.41, 5.74) is 7.76. The molecule has 0 amide bonds. The van der Waals surface area contributed by atoms with E-state index >= 15 is 0 Å². The fraction of sp³-hybridized carbons (Fsp3) is 0.136. The first-order valence-electron chi connectivity index (χ1n) is 7.85. The molecule has 1 nitrogen and oxygen atoms in total. The first kappa shape index (κ1) is 15.2. The van der Waals surface area contributed by atoms with Crippen LogP contribution in [0, 0.1) is 20.8 Å². The summed E-state index contributed by atoms with van der Waals surface area (Å²) in [6.07, 6.45) is 0. The van der Waals surface area contributed by atoms with E-state index in [1.54, 1.807) is 0 Å². The molecule has 23 heavy (non-hydrogen) atoms. The first-order valence-corrected chi connectivity index (χ1v) is 7.85. The van der Waals surface area contributed by atoms with Crippen LogP contribution in [0.5, 0.6) is 0 Å². The molecule has 0 bridgehead atoms. The molecule has 0 fully saturated rings. The lowest BCUT2D eigenvalue weighted by atomic mass is 9.93. The monoisotopic (exact) mass is 300 g/mol. The highest BCUT2D eigenvalue weighted by atomic mass is 16.1. The van der Waals surface area contributed by atoms with E-state index in [0.29, 0.717) is 0 Å². The van der Waals surface area contributed by atoms with Crippen molar-refractivity contribution in [2.45, 2.75) is 20.8 Å². The van der Waals surface area contributed by atoms with Crippen LogP contribution in [-0.2, 0) is 0 Å². The summed E-state index contributed by atoms with van der Waals surface area (Å²) in [7, 11) is 0. The second-order valence-corrected chi connectivity index (χ2v) is 5.95. The van der Waals surface area contributed by atoms with Gasteiger partial charge in [-0.3, -0.25) is 4.79 Å². The zero-order valence-corrected chi connectivity index (χ0v) is 13.8. The third kappa shape index (κ3) is 2.95. The molecule has 0 N–H and O–H groups in total. The van der Waals surface area contributed by atoms with Crippen LogP contribution >= 0.6 is 0 Å². The quantitative estimate of drug-likeness (QED) is 0.583. The summed E-state index contributed by atoms with van der Waals surface area (Å²) < 4.78 is 0. The lowest BCUT2D eigenvalue weighted by molar-refractivity contribution is 0.103. The minimum atomic E-state index is 0.0639. The van der Waals surface area contributed by atoms with Crippen molar-refractivity contribution < 1.29 is 4.79 Å². The molecule has 3 rings (SSSR count). The average molecular weight is 300 g/mol. The van der Waals surface area contributed by atoms with E-state index in [1.807, 2.05) is 54.6 Å².